The Labute approximate surface area is 140 Å². The molecule has 3 atom stereocenters. The fourth-order valence-corrected chi connectivity index (χ4v) is 2.54. The molecule has 0 aromatic carbocycles. The molecular weight excluding hydrogens is 312 g/mol. The number of likely N-dealkylation sites (tertiary alicyclic amines) is 1. The molecule has 3 heterocycles. The SMILES string of the molecule is CC1CO1.CN1C(=O)C2CC=CCC2C1=O.CN1C(=O)C=CC1=O. The molecule has 4 aliphatic rings. The van der Waals surface area contributed by atoms with Crippen molar-refractivity contribution >= 4 is 23.6 Å². The van der Waals surface area contributed by atoms with Crippen LogP contribution >= 0.6 is 0 Å². The Morgan fingerprint density at radius 2 is 1.25 bits per heavy atom. The van der Waals surface area contributed by atoms with E-state index in [1.165, 1.54) is 24.1 Å². The van der Waals surface area contributed by atoms with Crippen LogP contribution in [0, 0.1) is 11.8 Å². The smallest absolute Gasteiger partial charge is 0.253 e. The Hall–Kier alpha value is -2.28. The first kappa shape index (κ1) is 18.1. The van der Waals surface area contributed by atoms with Crippen LogP contribution in [-0.2, 0) is 23.9 Å². The van der Waals surface area contributed by atoms with E-state index in [4.69, 9.17) is 4.74 Å². The van der Waals surface area contributed by atoms with Gasteiger partial charge in [0.15, 0.2) is 0 Å². The monoisotopic (exact) mass is 334 g/mol. The minimum Gasteiger partial charge on any atom is -0.373 e. The molecule has 3 aliphatic heterocycles. The highest BCUT2D eigenvalue weighted by molar-refractivity contribution is 6.12. The maximum absolute atomic E-state index is 11.4. The summed E-state index contributed by atoms with van der Waals surface area (Å²) in [6, 6.07) is 0. The van der Waals surface area contributed by atoms with Crippen LogP contribution in [0.5, 0.6) is 0 Å². The van der Waals surface area contributed by atoms with Crippen LogP contribution in [0.4, 0.5) is 0 Å². The Morgan fingerprint density at radius 1 is 0.875 bits per heavy atom. The molecule has 7 heteroatoms. The molecule has 7 nitrogen and oxygen atoms in total. The first-order chi connectivity index (χ1) is 11.3. The number of carbonyl (C=O) groups excluding carboxylic acids is 4. The maximum atomic E-state index is 11.4. The number of allylic oxidation sites excluding steroid dienone is 2. The van der Waals surface area contributed by atoms with E-state index < -0.39 is 0 Å². The van der Waals surface area contributed by atoms with E-state index in [-0.39, 0.29) is 35.5 Å². The van der Waals surface area contributed by atoms with Crippen LogP contribution in [0.15, 0.2) is 24.3 Å². The summed E-state index contributed by atoms with van der Waals surface area (Å²) < 4.78 is 4.71. The fourth-order valence-electron chi connectivity index (χ4n) is 2.54. The molecule has 0 aromatic rings. The van der Waals surface area contributed by atoms with Crippen molar-refractivity contribution in [2.24, 2.45) is 11.8 Å². The topological polar surface area (TPSA) is 87.3 Å². The first-order valence-corrected chi connectivity index (χ1v) is 7.90. The second-order valence-corrected chi connectivity index (χ2v) is 6.10. The molecule has 0 radical (unpaired) electrons. The molecule has 0 saturated carbocycles. The standard InChI is InChI=1S/C9H11NO2.C5H5NO2.C3H6O/c1-10-8(11)6-4-2-3-5-7(6)9(10)12;1-6-4(7)2-3-5(6)8;1-3-2-4-3/h2-3,6-7H,4-5H2,1H3;2-3H,1H3;3H,2H2,1H3. The van der Waals surface area contributed by atoms with Gasteiger partial charge in [0.2, 0.25) is 11.8 Å². The third-order valence-electron chi connectivity index (χ3n) is 4.26. The summed E-state index contributed by atoms with van der Waals surface area (Å²) in [4.78, 5) is 46.0. The van der Waals surface area contributed by atoms with E-state index in [0.29, 0.717) is 6.10 Å². The van der Waals surface area contributed by atoms with Gasteiger partial charge in [-0.05, 0) is 19.8 Å². The van der Waals surface area contributed by atoms with E-state index >= 15 is 0 Å². The van der Waals surface area contributed by atoms with E-state index in [9.17, 15) is 19.2 Å². The molecule has 0 aromatic heterocycles. The number of likely N-dealkylation sites (N-methyl/N-ethyl adjacent to an activating group) is 1. The number of fused-ring (bicyclic) bond motifs is 1. The van der Waals surface area contributed by atoms with Crippen LogP contribution in [0.3, 0.4) is 0 Å². The lowest BCUT2D eigenvalue weighted by Gasteiger charge is -2.14. The Kier molecular flexibility index (Phi) is 5.66. The van der Waals surface area contributed by atoms with Crippen molar-refractivity contribution in [1.82, 2.24) is 9.80 Å². The lowest BCUT2D eigenvalue weighted by molar-refractivity contribution is -0.138. The van der Waals surface area contributed by atoms with Crippen molar-refractivity contribution in [2.45, 2.75) is 25.9 Å². The predicted octanol–water partition coefficient (Wildman–Crippen LogP) is 0.514. The number of epoxide rings is 1. The van der Waals surface area contributed by atoms with E-state index in [2.05, 4.69) is 6.92 Å². The van der Waals surface area contributed by atoms with Crippen molar-refractivity contribution in [3.63, 3.8) is 0 Å². The molecule has 0 N–H and O–H groups in total. The molecule has 4 rings (SSSR count). The van der Waals surface area contributed by atoms with Crippen LogP contribution < -0.4 is 0 Å². The number of ether oxygens (including phenoxy) is 1. The fraction of sp³-hybridized carbons (Fsp3) is 0.529. The third-order valence-corrected chi connectivity index (χ3v) is 4.26. The number of imide groups is 2. The highest BCUT2D eigenvalue weighted by Gasteiger charge is 2.45. The quantitative estimate of drug-likeness (QED) is 0.366. The van der Waals surface area contributed by atoms with Gasteiger partial charge in [0.1, 0.15) is 0 Å². The van der Waals surface area contributed by atoms with Gasteiger partial charge in [0.05, 0.1) is 24.5 Å². The minimum absolute atomic E-state index is 0.00523. The van der Waals surface area contributed by atoms with Gasteiger partial charge >= 0.3 is 0 Å². The third kappa shape index (κ3) is 4.17. The molecular formula is C17H22N2O5. The molecule has 1 aliphatic carbocycles. The van der Waals surface area contributed by atoms with Crippen molar-refractivity contribution < 1.29 is 23.9 Å². The van der Waals surface area contributed by atoms with Crippen LogP contribution in [-0.4, -0.2) is 60.2 Å². The Bertz CT molecular complexity index is 562. The van der Waals surface area contributed by atoms with Crippen molar-refractivity contribution in [3.8, 4) is 0 Å². The lowest BCUT2D eigenvalue weighted by atomic mass is 9.85. The van der Waals surface area contributed by atoms with Gasteiger partial charge in [0, 0.05) is 26.2 Å². The van der Waals surface area contributed by atoms with Crippen LogP contribution in [0.1, 0.15) is 19.8 Å². The van der Waals surface area contributed by atoms with Gasteiger partial charge in [0.25, 0.3) is 11.8 Å². The van der Waals surface area contributed by atoms with E-state index in [0.717, 1.165) is 24.3 Å². The summed E-state index contributed by atoms with van der Waals surface area (Å²) in [6.07, 6.45) is 8.54. The normalized spacial score (nSPS) is 29.9. The van der Waals surface area contributed by atoms with E-state index in [1.54, 1.807) is 7.05 Å². The maximum Gasteiger partial charge on any atom is 0.253 e. The second kappa shape index (κ2) is 7.53. The highest BCUT2D eigenvalue weighted by atomic mass is 16.6. The summed E-state index contributed by atoms with van der Waals surface area (Å²) in [5.74, 6) is -0.617. The predicted molar refractivity (Wildman–Crippen MR) is 85.5 cm³/mol. The average Bonchev–Trinajstić information content (AvgIpc) is 3.29. The van der Waals surface area contributed by atoms with Crippen LogP contribution in [0.25, 0.3) is 0 Å². The van der Waals surface area contributed by atoms with Gasteiger partial charge in [-0.25, -0.2) is 0 Å². The number of hydrogen-bond acceptors (Lipinski definition) is 5. The summed E-state index contributed by atoms with van der Waals surface area (Å²) in [5, 5.41) is 0. The largest absolute Gasteiger partial charge is 0.373 e. The van der Waals surface area contributed by atoms with Gasteiger partial charge in [-0.15, -0.1) is 0 Å². The molecule has 3 unspecified atom stereocenters. The van der Waals surface area contributed by atoms with Crippen molar-refractivity contribution in [1.29, 1.82) is 0 Å². The summed E-state index contributed by atoms with van der Waals surface area (Å²) in [7, 11) is 3.02. The number of amides is 4. The van der Waals surface area contributed by atoms with Crippen LogP contribution in [0.2, 0.25) is 0 Å². The highest BCUT2D eigenvalue weighted by Crippen LogP contribution is 2.33. The Balaban J connectivity index is 0.000000149. The second-order valence-electron chi connectivity index (χ2n) is 6.10. The zero-order chi connectivity index (χ0) is 17.9. The van der Waals surface area contributed by atoms with Gasteiger partial charge in [-0.1, -0.05) is 12.2 Å². The molecule has 2 saturated heterocycles. The first-order valence-electron chi connectivity index (χ1n) is 7.90. The molecule has 4 amide bonds. The van der Waals surface area contributed by atoms with Crippen molar-refractivity contribution in [2.75, 3.05) is 20.7 Å². The lowest BCUT2D eigenvalue weighted by Crippen LogP contribution is -2.25. The summed E-state index contributed by atoms with van der Waals surface area (Å²) in [5.41, 5.74) is 0. The molecule has 0 spiro atoms. The van der Waals surface area contributed by atoms with Gasteiger partial charge in [-0.2, -0.15) is 0 Å². The number of carbonyl (C=O) groups is 4. The van der Waals surface area contributed by atoms with Gasteiger partial charge in [-0.3, -0.25) is 29.0 Å². The van der Waals surface area contributed by atoms with E-state index in [1.807, 2.05) is 12.2 Å². The molecule has 0 bridgehead atoms. The zero-order valence-electron chi connectivity index (χ0n) is 14.1. The van der Waals surface area contributed by atoms with Crippen molar-refractivity contribution in [3.05, 3.63) is 24.3 Å². The molecule has 24 heavy (non-hydrogen) atoms. The zero-order valence-corrected chi connectivity index (χ0v) is 14.1. The number of nitrogens with zero attached hydrogens (tertiary/aromatic N) is 2. The number of rotatable bonds is 0. The summed E-state index contributed by atoms with van der Waals surface area (Å²) in [6.45, 7) is 3.04. The summed E-state index contributed by atoms with van der Waals surface area (Å²) >= 11 is 0. The molecule has 2 fully saturated rings. The average molecular weight is 334 g/mol. The van der Waals surface area contributed by atoms with Gasteiger partial charge < -0.3 is 4.74 Å². The number of hydrogen-bond donors (Lipinski definition) is 0. The molecule has 130 valence electrons. The minimum atomic E-state index is -0.241. The Morgan fingerprint density at radius 3 is 1.50 bits per heavy atom.